The molecule has 4 aromatic rings. The summed E-state index contributed by atoms with van der Waals surface area (Å²) < 4.78 is 0. The second-order valence-electron chi connectivity index (χ2n) is 5.70. The summed E-state index contributed by atoms with van der Waals surface area (Å²) in [6.45, 7) is 0. The highest BCUT2D eigenvalue weighted by Gasteiger charge is 2.09. The van der Waals surface area contributed by atoms with Crippen LogP contribution in [0.25, 0.3) is 11.3 Å². The summed E-state index contributed by atoms with van der Waals surface area (Å²) in [7, 11) is 0. The number of benzene rings is 2. The van der Waals surface area contributed by atoms with E-state index in [0.717, 1.165) is 28.2 Å². The summed E-state index contributed by atoms with van der Waals surface area (Å²) in [5.74, 6) is 0. The number of hydrogen-bond donors (Lipinski definition) is 1. The first-order chi connectivity index (χ1) is 13.3. The molecular weight excluding hydrogens is 376 g/mol. The van der Waals surface area contributed by atoms with Crippen LogP contribution in [0.5, 0.6) is 0 Å². The fourth-order valence-electron chi connectivity index (χ4n) is 2.55. The number of nitrogens with one attached hydrogen (secondary N) is 1. The van der Waals surface area contributed by atoms with E-state index in [4.69, 9.17) is 11.6 Å². The van der Waals surface area contributed by atoms with Gasteiger partial charge in [0.25, 0.3) is 0 Å². The first kappa shape index (κ1) is 17.4. The molecular formula is C21H15ClN4S. The second-order valence-corrected chi connectivity index (χ2v) is 6.99. The zero-order valence-electron chi connectivity index (χ0n) is 14.2. The number of aromatic nitrogens is 2. The van der Waals surface area contributed by atoms with Gasteiger partial charge in [-0.15, -0.1) is 11.3 Å². The van der Waals surface area contributed by atoms with Gasteiger partial charge in [-0.3, -0.25) is 10.4 Å². The van der Waals surface area contributed by atoms with Crippen LogP contribution in [-0.2, 0) is 0 Å². The maximum absolute atomic E-state index is 5.95. The summed E-state index contributed by atoms with van der Waals surface area (Å²) in [4.78, 5) is 9.03. The van der Waals surface area contributed by atoms with Crippen molar-refractivity contribution in [3.63, 3.8) is 0 Å². The number of hydrazone groups is 1. The van der Waals surface area contributed by atoms with E-state index in [9.17, 15) is 0 Å². The molecule has 1 N–H and O–H groups in total. The van der Waals surface area contributed by atoms with Crippen molar-refractivity contribution in [3.05, 3.63) is 101 Å². The van der Waals surface area contributed by atoms with Crippen LogP contribution in [0, 0.1) is 0 Å². The number of hydrogen-bond acceptors (Lipinski definition) is 5. The molecule has 2 heterocycles. The van der Waals surface area contributed by atoms with Crippen LogP contribution in [0.4, 0.5) is 5.13 Å². The highest BCUT2D eigenvalue weighted by molar-refractivity contribution is 7.14. The zero-order valence-corrected chi connectivity index (χ0v) is 15.8. The van der Waals surface area contributed by atoms with E-state index in [1.54, 1.807) is 6.20 Å². The van der Waals surface area contributed by atoms with Crippen molar-refractivity contribution in [3.8, 4) is 11.3 Å². The topological polar surface area (TPSA) is 50.2 Å². The average Bonchev–Trinajstić information content (AvgIpc) is 3.19. The van der Waals surface area contributed by atoms with Crippen molar-refractivity contribution < 1.29 is 0 Å². The Morgan fingerprint density at radius 1 is 0.926 bits per heavy atom. The van der Waals surface area contributed by atoms with Crippen molar-refractivity contribution in [1.82, 2.24) is 9.97 Å². The maximum Gasteiger partial charge on any atom is 0.203 e. The SMILES string of the molecule is Clc1ccc(-c2csc(NN=C(c3ccccc3)c3ccccn3)n2)cc1. The van der Waals surface area contributed by atoms with Gasteiger partial charge in [-0.05, 0) is 24.3 Å². The number of halogens is 1. The number of thiazole rings is 1. The van der Waals surface area contributed by atoms with Crippen LogP contribution in [0.2, 0.25) is 5.02 Å². The Bertz CT molecular complexity index is 1000. The molecule has 6 heteroatoms. The van der Waals surface area contributed by atoms with E-state index in [1.165, 1.54) is 11.3 Å². The Kier molecular flexibility index (Phi) is 5.23. The largest absolute Gasteiger partial charge is 0.255 e. The molecule has 0 saturated carbocycles. The average molecular weight is 391 g/mol. The smallest absolute Gasteiger partial charge is 0.203 e. The third-order valence-electron chi connectivity index (χ3n) is 3.86. The highest BCUT2D eigenvalue weighted by atomic mass is 35.5. The van der Waals surface area contributed by atoms with Crippen LogP contribution in [-0.4, -0.2) is 15.7 Å². The molecule has 0 unspecified atom stereocenters. The van der Waals surface area contributed by atoms with E-state index >= 15 is 0 Å². The standard InChI is InChI=1S/C21H15ClN4S/c22-17-11-9-15(10-12-17)19-14-27-21(24-19)26-25-20(16-6-2-1-3-7-16)18-8-4-5-13-23-18/h1-14H,(H,24,26). The van der Waals surface area contributed by atoms with Crippen LogP contribution in [0.1, 0.15) is 11.3 Å². The van der Waals surface area contributed by atoms with Gasteiger partial charge in [0, 0.05) is 27.7 Å². The summed E-state index contributed by atoms with van der Waals surface area (Å²) in [5, 5.41) is 8.00. The van der Waals surface area contributed by atoms with Gasteiger partial charge in [0.2, 0.25) is 5.13 Å². The Hall–Kier alpha value is -3.02. The number of nitrogens with zero attached hydrogens (tertiary/aromatic N) is 3. The number of anilines is 1. The Morgan fingerprint density at radius 3 is 2.44 bits per heavy atom. The van der Waals surface area contributed by atoms with Crippen LogP contribution < -0.4 is 5.43 Å². The molecule has 0 aliphatic heterocycles. The fraction of sp³-hybridized carbons (Fsp3) is 0. The number of pyridine rings is 1. The first-order valence-corrected chi connectivity index (χ1v) is 9.57. The molecule has 2 aromatic carbocycles. The number of rotatable bonds is 5. The monoisotopic (exact) mass is 390 g/mol. The summed E-state index contributed by atoms with van der Waals surface area (Å²) in [6, 6.07) is 23.4. The molecule has 4 nitrogen and oxygen atoms in total. The van der Waals surface area contributed by atoms with Crippen molar-refractivity contribution in [1.29, 1.82) is 0 Å². The van der Waals surface area contributed by atoms with E-state index in [2.05, 4.69) is 20.5 Å². The predicted octanol–water partition coefficient (Wildman–Crippen LogP) is 5.72. The minimum Gasteiger partial charge on any atom is -0.255 e. The van der Waals surface area contributed by atoms with Gasteiger partial charge in [-0.2, -0.15) is 5.10 Å². The van der Waals surface area contributed by atoms with Crippen LogP contribution >= 0.6 is 22.9 Å². The van der Waals surface area contributed by atoms with E-state index in [0.29, 0.717) is 10.2 Å². The summed E-state index contributed by atoms with van der Waals surface area (Å²) in [5.41, 5.74) is 7.51. The second kappa shape index (κ2) is 8.12. The lowest BCUT2D eigenvalue weighted by atomic mass is 10.1. The lowest BCUT2D eigenvalue weighted by Gasteiger charge is -2.06. The summed E-state index contributed by atoms with van der Waals surface area (Å²) in [6.07, 6.45) is 1.76. The molecule has 0 aliphatic carbocycles. The molecule has 0 saturated heterocycles. The predicted molar refractivity (Wildman–Crippen MR) is 113 cm³/mol. The van der Waals surface area contributed by atoms with Crippen LogP contribution in [0.15, 0.2) is 89.5 Å². The molecule has 0 amide bonds. The lowest BCUT2D eigenvalue weighted by Crippen LogP contribution is -2.08. The fourth-order valence-corrected chi connectivity index (χ4v) is 3.34. The molecule has 0 bridgehead atoms. The van der Waals surface area contributed by atoms with Crippen molar-refractivity contribution in [2.24, 2.45) is 5.10 Å². The third-order valence-corrected chi connectivity index (χ3v) is 4.86. The van der Waals surface area contributed by atoms with Gasteiger partial charge in [0.15, 0.2) is 0 Å². The molecule has 2 aromatic heterocycles. The third kappa shape index (κ3) is 4.22. The zero-order chi connectivity index (χ0) is 18.5. The highest BCUT2D eigenvalue weighted by Crippen LogP contribution is 2.26. The van der Waals surface area contributed by atoms with Gasteiger partial charge in [-0.25, -0.2) is 4.98 Å². The van der Waals surface area contributed by atoms with Gasteiger partial charge >= 0.3 is 0 Å². The van der Waals surface area contributed by atoms with E-state index in [-0.39, 0.29) is 0 Å². The first-order valence-electron chi connectivity index (χ1n) is 8.31. The Balaban J connectivity index is 1.62. The van der Waals surface area contributed by atoms with Gasteiger partial charge in [-0.1, -0.05) is 60.1 Å². The summed E-state index contributed by atoms with van der Waals surface area (Å²) >= 11 is 7.45. The minimum absolute atomic E-state index is 0.708. The maximum atomic E-state index is 5.95. The molecule has 4 rings (SSSR count). The molecule has 0 fully saturated rings. The quantitative estimate of drug-likeness (QED) is 0.350. The normalized spacial score (nSPS) is 11.4. The Labute approximate surface area is 166 Å². The lowest BCUT2D eigenvalue weighted by molar-refractivity contribution is 1.24. The van der Waals surface area contributed by atoms with Gasteiger partial charge < -0.3 is 0 Å². The molecule has 0 radical (unpaired) electrons. The molecule has 132 valence electrons. The van der Waals surface area contributed by atoms with Gasteiger partial charge in [0.1, 0.15) is 5.71 Å². The molecule has 0 spiro atoms. The van der Waals surface area contributed by atoms with Crippen LogP contribution in [0.3, 0.4) is 0 Å². The molecule has 0 atom stereocenters. The Morgan fingerprint density at radius 2 is 1.70 bits per heavy atom. The molecule has 27 heavy (non-hydrogen) atoms. The van der Waals surface area contributed by atoms with Crippen molar-refractivity contribution >= 4 is 33.8 Å². The minimum atomic E-state index is 0.708. The van der Waals surface area contributed by atoms with Gasteiger partial charge in [0.05, 0.1) is 11.4 Å². The molecule has 0 aliphatic rings. The van der Waals surface area contributed by atoms with Crippen molar-refractivity contribution in [2.75, 3.05) is 5.43 Å². The van der Waals surface area contributed by atoms with E-state index in [1.807, 2.05) is 78.2 Å². The van der Waals surface area contributed by atoms with Crippen molar-refractivity contribution in [2.45, 2.75) is 0 Å². The van der Waals surface area contributed by atoms with E-state index < -0.39 is 0 Å².